The van der Waals surface area contributed by atoms with Gasteiger partial charge in [0.1, 0.15) is 0 Å². The quantitative estimate of drug-likeness (QED) is 0.349. The second kappa shape index (κ2) is 9.43. The first-order chi connectivity index (χ1) is 4.27. The largest absolute Gasteiger partial charge is 1.00 e. The molecule has 10 heavy (non-hydrogen) atoms. The van der Waals surface area contributed by atoms with Crippen molar-refractivity contribution in [2.24, 2.45) is 0 Å². The predicted molar refractivity (Wildman–Crippen MR) is 34.3 cm³/mol. The monoisotopic (exact) mass is 156 g/mol. The summed E-state index contributed by atoms with van der Waals surface area (Å²) < 4.78 is 0. The van der Waals surface area contributed by atoms with E-state index >= 15 is 0 Å². The molecular weight excluding hydrogens is 143 g/mol. The zero-order valence-corrected chi connectivity index (χ0v) is 8.34. The van der Waals surface area contributed by atoms with Crippen LogP contribution in [-0.2, 0) is 4.79 Å². The van der Waals surface area contributed by atoms with Crippen molar-refractivity contribution in [3.8, 4) is 0 Å². The molecule has 0 aliphatic heterocycles. The summed E-state index contributed by atoms with van der Waals surface area (Å²) in [5, 5.41) is 16.4. The van der Waals surface area contributed by atoms with E-state index in [1.54, 1.807) is 0 Å². The van der Waals surface area contributed by atoms with Gasteiger partial charge in [-0.25, -0.2) is 0 Å². The van der Waals surface area contributed by atoms with E-state index in [0.717, 1.165) is 6.42 Å². The molecule has 0 atom stereocenters. The smallest absolute Gasteiger partial charge is 1.00 e. The Morgan fingerprint density at radius 2 is 1.90 bits per heavy atom. The van der Waals surface area contributed by atoms with Gasteiger partial charge >= 0.3 is 35.5 Å². The summed E-state index contributed by atoms with van der Waals surface area (Å²) in [5.41, 5.74) is 0. The van der Waals surface area contributed by atoms with Crippen molar-refractivity contribution in [3.63, 3.8) is 0 Å². The van der Waals surface area contributed by atoms with E-state index in [2.05, 4.69) is 0 Å². The molecule has 0 unspecified atom stereocenters. The molecular formula is C6H13NaO3. The van der Waals surface area contributed by atoms with Crippen LogP contribution in [0.1, 0.15) is 27.1 Å². The molecule has 0 radical (unpaired) electrons. The van der Waals surface area contributed by atoms with Gasteiger partial charge in [0.25, 0.3) is 0 Å². The van der Waals surface area contributed by atoms with Crippen LogP contribution in [0.4, 0.5) is 0 Å². The van der Waals surface area contributed by atoms with E-state index in [1.807, 2.05) is 0 Å². The number of hydrogen-bond acceptors (Lipinski definition) is 2. The number of aliphatic hydroxyl groups is 1. The number of carboxylic acids is 1. The van der Waals surface area contributed by atoms with Crippen LogP contribution in [0.5, 0.6) is 0 Å². The van der Waals surface area contributed by atoms with Crippen molar-refractivity contribution in [1.82, 2.24) is 0 Å². The molecule has 0 spiro atoms. The molecule has 0 aromatic heterocycles. The number of unbranched alkanes of at least 4 members (excludes halogenated alkanes) is 2. The minimum absolute atomic E-state index is 0. The minimum atomic E-state index is -0.757. The maximum atomic E-state index is 9.90. The number of hydrogen-bond donors (Lipinski definition) is 2. The van der Waals surface area contributed by atoms with Gasteiger partial charge in [-0.3, -0.25) is 4.79 Å². The Balaban J connectivity index is -0.000000320. The van der Waals surface area contributed by atoms with E-state index < -0.39 is 5.97 Å². The van der Waals surface area contributed by atoms with E-state index in [0.29, 0.717) is 12.8 Å². The molecule has 4 heteroatoms. The molecule has 0 heterocycles. The number of rotatable bonds is 5. The fourth-order valence-corrected chi connectivity index (χ4v) is 0.565. The second-order valence-corrected chi connectivity index (χ2v) is 1.93. The summed E-state index contributed by atoms with van der Waals surface area (Å²) in [5.74, 6) is -0.757. The molecule has 0 fully saturated rings. The van der Waals surface area contributed by atoms with E-state index in [-0.39, 0.29) is 44.0 Å². The number of aliphatic carboxylic acids is 1. The van der Waals surface area contributed by atoms with Crippen LogP contribution in [-0.4, -0.2) is 22.8 Å². The van der Waals surface area contributed by atoms with Gasteiger partial charge in [0, 0.05) is 13.0 Å². The standard InChI is InChI=1S/C6H12O3.Na.H/c7-5-3-1-2-4-6(8)9;;/h7H,1-5H2,(H,8,9);;/q;+1;-1. The molecule has 0 saturated carbocycles. The third-order valence-electron chi connectivity index (χ3n) is 1.05. The van der Waals surface area contributed by atoms with Crippen molar-refractivity contribution < 1.29 is 46.0 Å². The summed E-state index contributed by atoms with van der Waals surface area (Å²) in [6.45, 7) is 0.166. The molecule has 0 saturated heterocycles. The summed E-state index contributed by atoms with van der Waals surface area (Å²) >= 11 is 0. The SMILES string of the molecule is O=C(O)CCCCCO.[H-].[Na+]. The van der Waals surface area contributed by atoms with Crippen LogP contribution in [0, 0.1) is 0 Å². The Bertz CT molecular complexity index is 89.9. The molecule has 0 rings (SSSR count). The average Bonchev–Trinajstić information content (AvgIpc) is 1.80. The Hall–Kier alpha value is 0.430. The van der Waals surface area contributed by atoms with Crippen LogP contribution >= 0.6 is 0 Å². The zero-order valence-electron chi connectivity index (χ0n) is 7.34. The average molecular weight is 156 g/mol. The van der Waals surface area contributed by atoms with Crippen molar-refractivity contribution >= 4 is 5.97 Å². The molecule has 0 amide bonds. The first-order valence-electron chi connectivity index (χ1n) is 3.10. The maximum Gasteiger partial charge on any atom is 1.00 e. The number of carboxylic acid groups (broad SMARTS) is 1. The Kier molecular flexibility index (Phi) is 12.3. The van der Waals surface area contributed by atoms with Crippen LogP contribution in [0.25, 0.3) is 0 Å². The van der Waals surface area contributed by atoms with E-state index in [4.69, 9.17) is 10.2 Å². The minimum Gasteiger partial charge on any atom is -1.00 e. The van der Waals surface area contributed by atoms with Gasteiger partial charge in [-0.2, -0.15) is 0 Å². The van der Waals surface area contributed by atoms with Gasteiger partial charge in [-0.15, -0.1) is 0 Å². The predicted octanol–water partition coefficient (Wildman–Crippen LogP) is -2.26. The summed E-state index contributed by atoms with van der Waals surface area (Å²) in [6, 6.07) is 0. The van der Waals surface area contributed by atoms with Crippen molar-refractivity contribution in [3.05, 3.63) is 0 Å². The molecule has 3 nitrogen and oxygen atoms in total. The van der Waals surface area contributed by atoms with E-state index in [9.17, 15) is 4.79 Å². The molecule has 0 aromatic carbocycles. The Morgan fingerprint density at radius 3 is 2.30 bits per heavy atom. The third-order valence-corrected chi connectivity index (χ3v) is 1.05. The van der Waals surface area contributed by atoms with Gasteiger partial charge in [0.2, 0.25) is 0 Å². The summed E-state index contributed by atoms with van der Waals surface area (Å²) in [6.07, 6.45) is 2.42. The van der Waals surface area contributed by atoms with Gasteiger partial charge in [-0.05, 0) is 12.8 Å². The normalized spacial score (nSPS) is 8.50. The zero-order chi connectivity index (χ0) is 7.11. The summed E-state index contributed by atoms with van der Waals surface area (Å²) in [4.78, 5) is 9.90. The molecule has 56 valence electrons. The van der Waals surface area contributed by atoms with Crippen LogP contribution in [0.15, 0.2) is 0 Å². The first-order valence-corrected chi connectivity index (χ1v) is 3.10. The van der Waals surface area contributed by atoms with Crippen molar-refractivity contribution in [1.29, 1.82) is 0 Å². The Morgan fingerprint density at radius 1 is 1.30 bits per heavy atom. The topological polar surface area (TPSA) is 57.5 Å². The van der Waals surface area contributed by atoms with Crippen LogP contribution < -0.4 is 29.6 Å². The molecule has 2 N–H and O–H groups in total. The van der Waals surface area contributed by atoms with Crippen molar-refractivity contribution in [2.45, 2.75) is 25.7 Å². The molecule has 0 bridgehead atoms. The first kappa shape index (κ1) is 13.1. The Labute approximate surface area is 84.2 Å². The molecule has 0 aliphatic rings. The van der Waals surface area contributed by atoms with Gasteiger partial charge < -0.3 is 11.6 Å². The third kappa shape index (κ3) is 11.3. The van der Waals surface area contributed by atoms with Gasteiger partial charge in [0.15, 0.2) is 0 Å². The fraction of sp³-hybridized carbons (Fsp3) is 0.833. The molecule has 0 aromatic rings. The number of aliphatic hydroxyl groups excluding tert-OH is 1. The van der Waals surface area contributed by atoms with Crippen LogP contribution in [0.2, 0.25) is 0 Å². The second-order valence-electron chi connectivity index (χ2n) is 1.93. The van der Waals surface area contributed by atoms with Gasteiger partial charge in [-0.1, -0.05) is 6.42 Å². The van der Waals surface area contributed by atoms with Crippen molar-refractivity contribution in [2.75, 3.05) is 6.61 Å². The summed E-state index contributed by atoms with van der Waals surface area (Å²) in [7, 11) is 0. The number of carbonyl (C=O) groups is 1. The molecule has 0 aliphatic carbocycles. The maximum absolute atomic E-state index is 9.90. The fourth-order valence-electron chi connectivity index (χ4n) is 0.565. The van der Waals surface area contributed by atoms with E-state index in [1.165, 1.54) is 0 Å². The van der Waals surface area contributed by atoms with Crippen LogP contribution in [0.3, 0.4) is 0 Å². The van der Waals surface area contributed by atoms with Gasteiger partial charge in [0.05, 0.1) is 0 Å².